The Kier molecular flexibility index (Phi) is 4.02. The minimum atomic E-state index is 0.745. The van der Waals surface area contributed by atoms with E-state index in [9.17, 15) is 0 Å². The molecule has 1 fully saturated rings. The summed E-state index contributed by atoms with van der Waals surface area (Å²) in [7, 11) is 1.95. The van der Waals surface area contributed by atoms with Crippen LogP contribution in [-0.4, -0.2) is 40.9 Å². The number of hydrogen-bond acceptors (Lipinski definition) is 3. The third-order valence-electron chi connectivity index (χ3n) is 3.85. The Hall–Kier alpha value is -1.81. The highest BCUT2D eigenvalue weighted by atomic mass is 16.5. The van der Waals surface area contributed by atoms with E-state index < -0.39 is 0 Å². The lowest BCUT2D eigenvalue weighted by Gasteiger charge is -2.16. The second-order valence-electron chi connectivity index (χ2n) is 5.23. The highest BCUT2D eigenvalue weighted by Gasteiger charge is 2.12. The number of hydrogen-bond donors (Lipinski definition) is 0. The van der Waals surface area contributed by atoms with Crippen LogP contribution in [0.25, 0.3) is 11.3 Å². The van der Waals surface area contributed by atoms with E-state index in [1.54, 1.807) is 0 Å². The number of para-hydroxylation sites is 1. The Morgan fingerprint density at radius 3 is 2.70 bits per heavy atom. The number of rotatable bonds is 5. The fourth-order valence-electron chi connectivity index (χ4n) is 2.73. The Morgan fingerprint density at radius 1 is 1.15 bits per heavy atom. The van der Waals surface area contributed by atoms with Crippen molar-refractivity contribution in [2.75, 3.05) is 26.2 Å². The summed E-state index contributed by atoms with van der Waals surface area (Å²) in [6.07, 6.45) is 4.47. The molecule has 0 radical (unpaired) electrons. The van der Waals surface area contributed by atoms with Gasteiger partial charge in [0.1, 0.15) is 12.4 Å². The van der Waals surface area contributed by atoms with Crippen molar-refractivity contribution in [2.45, 2.75) is 12.8 Å². The Bertz CT molecular complexity index is 558. The van der Waals surface area contributed by atoms with Crippen LogP contribution in [0.3, 0.4) is 0 Å². The zero-order chi connectivity index (χ0) is 13.8. The molecule has 0 bridgehead atoms. The molecule has 1 aromatic heterocycles. The van der Waals surface area contributed by atoms with E-state index in [0.29, 0.717) is 0 Å². The van der Waals surface area contributed by atoms with Crippen molar-refractivity contribution in [1.29, 1.82) is 0 Å². The van der Waals surface area contributed by atoms with Crippen LogP contribution in [0.1, 0.15) is 12.8 Å². The molecule has 20 heavy (non-hydrogen) atoms. The van der Waals surface area contributed by atoms with Crippen LogP contribution in [0.15, 0.2) is 36.5 Å². The zero-order valence-corrected chi connectivity index (χ0v) is 12.0. The van der Waals surface area contributed by atoms with Gasteiger partial charge in [0.25, 0.3) is 0 Å². The Morgan fingerprint density at radius 2 is 1.95 bits per heavy atom. The van der Waals surface area contributed by atoms with Crippen LogP contribution in [0.2, 0.25) is 0 Å². The summed E-state index contributed by atoms with van der Waals surface area (Å²) >= 11 is 0. The van der Waals surface area contributed by atoms with Crippen LogP contribution in [0.5, 0.6) is 5.75 Å². The lowest BCUT2D eigenvalue weighted by atomic mass is 10.1. The average Bonchev–Trinajstić information content (AvgIpc) is 3.11. The van der Waals surface area contributed by atoms with Crippen molar-refractivity contribution in [3.05, 3.63) is 36.5 Å². The third-order valence-corrected chi connectivity index (χ3v) is 3.85. The summed E-state index contributed by atoms with van der Waals surface area (Å²) in [6, 6.07) is 10.2. The van der Waals surface area contributed by atoms with E-state index in [1.807, 2.05) is 42.2 Å². The number of ether oxygens (including phenoxy) is 1. The van der Waals surface area contributed by atoms with Crippen molar-refractivity contribution in [3.63, 3.8) is 0 Å². The average molecular weight is 271 g/mol. The molecule has 0 aliphatic carbocycles. The summed E-state index contributed by atoms with van der Waals surface area (Å²) in [5, 5.41) is 4.23. The maximum atomic E-state index is 6.00. The molecule has 0 N–H and O–H groups in total. The van der Waals surface area contributed by atoms with Crippen molar-refractivity contribution >= 4 is 0 Å². The monoisotopic (exact) mass is 271 g/mol. The van der Waals surface area contributed by atoms with Crippen LogP contribution < -0.4 is 4.74 Å². The molecule has 4 heteroatoms. The van der Waals surface area contributed by atoms with Crippen LogP contribution >= 0.6 is 0 Å². The predicted molar refractivity (Wildman–Crippen MR) is 79.8 cm³/mol. The fraction of sp³-hybridized carbons (Fsp3) is 0.438. The fourth-order valence-corrected chi connectivity index (χ4v) is 2.73. The molecule has 0 saturated carbocycles. The van der Waals surface area contributed by atoms with Crippen molar-refractivity contribution in [1.82, 2.24) is 14.7 Å². The zero-order valence-electron chi connectivity index (χ0n) is 12.0. The molecular formula is C16H21N3O. The van der Waals surface area contributed by atoms with Gasteiger partial charge in [-0.1, -0.05) is 12.1 Å². The van der Waals surface area contributed by atoms with Gasteiger partial charge in [-0.15, -0.1) is 0 Å². The van der Waals surface area contributed by atoms with Gasteiger partial charge in [0.15, 0.2) is 0 Å². The third kappa shape index (κ3) is 2.85. The molecule has 0 unspecified atom stereocenters. The smallest absolute Gasteiger partial charge is 0.128 e. The topological polar surface area (TPSA) is 30.3 Å². The van der Waals surface area contributed by atoms with Crippen LogP contribution in [0.4, 0.5) is 0 Å². The largest absolute Gasteiger partial charge is 0.492 e. The van der Waals surface area contributed by atoms with Gasteiger partial charge in [0, 0.05) is 25.4 Å². The van der Waals surface area contributed by atoms with Crippen LogP contribution in [0, 0.1) is 0 Å². The summed E-state index contributed by atoms with van der Waals surface area (Å²) < 4.78 is 7.87. The minimum absolute atomic E-state index is 0.745. The van der Waals surface area contributed by atoms with Gasteiger partial charge in [0.05, 0.1) is 5.69 Å². The predicted octanol–water partition coefficient (Wildman–Crippen LogP) is 2.56. The molecular weight excluding hydrogens is 250 g/mol. The SMILES string of the molecule is Cn1nccc1-c1ccccc1OCCN1CCCC1. The highest BCUT2D eigenvalue weighted by molar-refractivity contribution is 5.67. The summed E-state index contributed by atoms with van der Waals surface area (Å²) in [4.78, 5) is 2.46. The molecule has 2 heterocycles. The second-order valence-corrected chi connectivity index (χ2v) is 5.23. The normalized spacial score (nSPS) is 15.7. The van der Waals surface area contributed by atoms with E-state index >= 15 is 0 Å². The molecule has 1 aromatic carbocycles. The number of likely N-dealkylation sites (tertiary alicyclic amines) is 1. The van der Waals surface area contributed by atoms with E-state index in [-0.39, 0.29) is 0 Å². The number of nitrogens with zero attached hydrogens (tertiary/aromatic N) is 3. The Labute approximate surface area is 120 Å². The molecule has 1 saturated heterocycles. The standard InChI is InChI=1S/C16H21N3O/c1-18-15(8-9-17-18)14-6-2-3-7-16(14)20-13-12-19-10-4-5-11-19/h2-3,6-9H,4-5,10-13H2,1H3. The van der Waals surface area contributed by atoms with Crippen molar-refractivity contribution in [3.8, 4) is 17.0 Å². The molecule has 3 rings (SSSR count). The van der Waals surface area contributed by atoms with Crippen molar-refractivity contribution in [2.24, 2.45) is 7.05 Å². The molecule has 0 spiro atoms. The first-order chi connectivity index (χ1) is 9.84. The molecule has 106 valence electrons. The maximum Gasteiger partial charge on any atom is 0.128 e. The minimum Gasteiger partial charge on any atom is -0.492 e. The molecule has 2 aromatic rings. The van der Waals surface area contributed by atoms with Gasteiger partial charge in [0.2, 0.25) is 0 Å². The van der Waals surface area contributed by atoms with Gasteiger partial charge in [-0.05, 0) is 44.1 Å². The summed E-state index contributed by atoms with van der Waals surface area (Å²) in [6.45, 7) is 4.19. The van der Waals surface area contributed by atoms with Crippen LogP contribution in [-0.2, 0) is 7.05 Å². The van der Waals surface area contributed by atoms with Crippen molar-refractivity contribution < 1.29 is 4.74 Å². The van der Waals surface area contributed by atoms with Gasteiger partial charge in [-0.2, -0.15) is 5.10 Å². The molecule has 0 amide bonds. The van der Waals surface area contributed by atoms with E-state index in [0.717, 1.165) is 30.2 Å². The number of aryl methyl sites for hydroxylation is 1. The van der Waals surface area contributed by atoms with E-state index in [2.05, 4.69) is 16.1 Å². The highest BCUT2D eigenvalue weighted by Crippen LogP contribution is 2.29. The lowest BCUT2D eigenvalue weighted by Crippen LogP contribution is -2.25. The quantitative estimate of drug-likeness (QED) is 0.837. The summed E-state index contributed by atoms with van der Waals surface area (Å²) in [5.41, 5.74) is 2.19. The number of benzene rings is 1. The Balaban J connectivity index is 1.68. The lowest BCUT2D eigenvalue weighted by molar-refractivity contribution is 0.238. The van der Waals surface area contributed by atoms with Gasteiger partial charge in [-0.25, -0.2) is 0 Å². The van der Waals surface area contributed by atoms with Gasteiger partial charge in [-0.3, -0.25) is 9.58 Å². The first kappa shape index (κ1) is 13.2. The van der Waals surface area contributed by atoms with E-state index in [1.165, 1.54) is 25.9 Å². The molecule has 4 nitrogen and oxygen atoms in total. The number of aromatic nitrogens is 2. The maximum absolute atomic E-state index is 6.00. The molecule has 1 aliphatic rings. The first-order valence-corrected chi connectivity index (χ1v) is 7.27. The second kappa shape index (κ2) is 6.09. The molecule has 0 atom stereocenters. The van der Waals surface area contributed by atoms with E-state index in [4.69, 9.17) is 4.74 Å². The summed E-state index contributed by atoms with van der Waals surface area (Å²) in [5.74, 6) is 0.940. The molecule has 1 aliphatic heterocycles. The van der Waals surface area contributed by atoms with Gasteiger partial charge >= 0.3 is 0 Å². The first-order valence-electron chi connectivity index (χ1n) is 7.27. The van der Waals surface area contributed by atoms with Gasteiger partial charge < -0.3 is 4.74 Å².